The van der Waals surface area contributed by atoms with E-state index in [4.69, 9.17) is 5.11 Å². The van der Waals surface area contributed by atoms with Gasteiger partial charge in [0.25, 0.3) is 0 Å². The van der Waals surface area contributed by atoms with Crippen LogP contribution in [0.4, 0.5) is 4.39 Å². The van der Waals surface area contributed by atoms with Gasteiger partial charge >= 0.3 is 0 Å². The third kappa shape index (κ3) is 3.77. The van der Waals surface area contributed by atoms with Crippen LogP contribution in [-0.4, -0.2) is 47.6 Å². The first-order valence-corrected chi connectivity index (χ1v) is 6.51. The number of benzene rings is 1. The number of aliphatic hydroxyl groups excluding tert-OH is 1. The molecule has 6 heteroatoms. The summed E-state index contributed by atoms with van der Waals surface area (Å²) in [5.74, 6) is -0.767. The van der Waals surface area contributed by atoms with Crippen LogP contribution < -0.4 is 5.32 Å². The SMILES string of the molecule is O=C(CO)NC1CC(=O)N(CCc2ccc(F)cc2)C1. The fourth-order valence-electron chi connectivity index (χ4n) is 2.27. The highest BCUT2D eigenvalue weighted by atomic mass is 19.1. The van der Waals surface area contributed by atoms with Gasteiger partial charge in [-0.2, -0.15) is 0 Å². The zero-order valence-corrected chi connectivity index (χ0v) is 11.0. The van der Waals surface area contributed by atoms with Crippen LogP contribution in [0.15, 0.2) is 24.3 Å². The first-order valence-electron chi connectivity index (χ1n) is 6.51. The van der Waals surface area contributed by atoms with Gasteiger partial charge in [-0.25, -0.2) is 4.39 Å². The van der Waals surface area contributed by atoms with Gasteiger partial charge in [0.2, 0.25) is 11.8 Å². The van der Waals surface area contributed by atoms with Crippen LogP contribution in [0.3, 0.4) is 0 Å². The third-order valence-electron chi connectivity index (χ3n) is 3.31. The molecule has 1 fully saturated rings. The molecule has 0 radical (unpaired) electrons. The first kappa shape index (κ1) is 14.5. The predicted octanol–water partition coefficient (Wildman–Crippen LogP) is 0.0776. The Bertz CT molecular complexity index is 490. The number of aliphatic hydroxyl groups is 1. The van der Waals surface area contributed by atoms with Gasteiger partial charge < -0.3 is 15.3 Å². The van der Waals surface area contributed by atoms with E-state index in [1.165, 1.54) is 12.1 Å². The Hall–Kier alpha value is -1.95. The van der Waals surface area contributed by atoms with E-state index in [1.807, 2.05) is 0 Å². The average Bonchev–Trinajstić information content (AvgIpc) is 2.78. The lowest BCUT2D eigenvalue weighted by atomic mass is 10.1. The molecule has 20 heavy (non-hydrogen) atoms. The number of likely N-dealkylation sites (tertiary alicyclic amines) is 1. The number of nitrogens with zero attached hydrogens (tertiary/aromatic N) is 1. The van der Waals surface area contributed by atoms with Crippen molar-refractivity contribution in [1.82, 2.24) is 10.2 Å². The fourth-order valence-corrected chi connectivity index (χ4v) is 2.27. The summed E-state index contributed by atoms with van der Waals surface area (Å²) < 4.78 is 12.8. The summed E-state index contributed by atoms with van der Waals surface area (Å²) in [5.41, 5.74) is 0.960. The second kappa shape index (κ2) is 6.47. The van der Waals surface area contributed by atoms with Crippen LogP contribution in [0.5, 0.6) is 0 Å². The Kier molecular flexibility index (Phi) is 4.68. The van der Waals surface area contributed by atoms with Crippen LogP contribution in [0.1, 0.15) is 12.0 Å². The first-order chi connectivity index (χ1) is 9.58. The molecule has 5 nitrogen and oxygen atoms in total. The third-order valence-corrected chi connectivity index (χ3v) is 3.31. The minimum absolute atomic E-state index is 0.0182. The number of nitrogens with one attached hydrogen (secondary N) is 1. The van der Waals surface area contributed by atoms with E-state index in [0.717, 1.165) is 5.56 Å². The summed E-state index contributed by atoms with van der Waals surface area (Å²) >= 11 is 0. The van der Waals surface area contributed by atoms with Crippen molar-refractivity contribution in [2.75, 3.05) is 19.7 Å². The molecule has 2 rings (SSSR count). The lowest BCUT2D eigenvalue weighted by molar-refractivity contribution is -0.127. The van der Waals surface area contributed by atoms with Gasteiger partial charge in [0, 0.05) is 19.5 Å². The second-order valence-electron chi connectivity index (χ2n) is 4.84. The minimum atomic E-state index is -0.569. The zero-order valence-electron chi connectivity index (χ0n) is 11.0. The largest absolute Gasteiger partial charge is 0.387 e. The van der Waals surface area contributed by atoms with Crippen LogP contribution in [0, 0.1) is 5.82 Å². The number of hydrogen-bond acceptors (Lipinski definition) is 3. The Balaban J connectivity index is 1.83. The second-order valence-corrected chi connectivity index (χ2v) is 4.84. The lowest BCUT2D eigenvalue weighted by Crippen LogP contribution is -2.38. The van der Waals surface area contributed by atoms with E-state index >= 15 is 0 Å². The average molecular weight is 280 g/mol. The van der Waals surface area contributed by atoms with Crippen molar-refractivity contribution in [2.45, 2.75) is 18.9 Å². The standard InChI is InChI=1S/C14H17FN2O3/c15-11-3-1-10(2-4-11)5-6-17-8-12(7-14(17)20)16-13(19)9-18/h1-4,12,18H,5-9H2,(H,16,19). The lowest BCUT2D eigenvalue weighted by Gasteiger charge is -2.17. The van der Waals surface area contributed by atoms with E-state index in [2.05, 4.69) is 5.32 Å². The van der Waals surface area contributed by atoms with Crippen LogP contribution in [0.2, 0.25) is 0 Å². The topological polar surface area (TPSA) is 69.6 Å². The molecule has 0 bridgehead atoms. The molecule has 1 heterocycles. The predicted molar refractivity (Wildman–Crippen MR) is 70.3 cm³/mol. The highest BCUT2D eigenvalue weighted by molar-refractivity contribution is 5.82. The van der Waals surface area contributed by atoms with Crippen molar-refractivity contribution in [3.63, 3.8) is 0 Å². The van der Waals surface area contributed by atoms with Gasteiger partial charge in [0.1, 0.15) is 12.4 Å². The van der Waals surface area contributed by atoms with E-state index in [1.54, 1.807) is 17.0 Å². The number of carbonyl (C=O) groups is 2. The summed E-state index contributed by atoms with van der Waals surface area (Å²) in [7, 11) is 0. The van der Waals surface area contributed by atoms with Crippen molar-refractivity contribution in [3.8, 4) is 0 Å². The van der Waals surface area contributed by atoms with Crippen molar-refractivity contribution in [2.24, 2.45) is 0 Å². The monoisotopic (exact) mass is 280 g/mol. The van der Waals surface area contributed by atoms with Crippen molar-refractivity contribution in [1.29, 1.82) is 0 Å². The van der Waals surface area contributed by atoms with Crippen LogP contribution in [-0.2, 0) is 16.0 Å². The molecule has 0 aliphatic carbocycles. The smallest absolute Gasteiger partial charge is 0.245 e. The highest BCUT2D eigenvalue weighted by Crippen LogP contribution is 2.12. The van der Waals surface area contributed by atoms with E-state index < -0.39 is 12.5 Å². The van der Waals surface area contributed by atoms with Gasteiger partial charge in [-0.05, 0) is 24.1 Å². The van der Waals surface area contributed by atoms with Gasteiger partial charge in [-0.1, -0.05) is 12.1 Å². The maximum Gasteiger partial charge on any atom is 0.245 e. The molecule has 1 aliphatic heterocycles. The Morgan fingerprint density at radius 3 is 2.75 bits per heavy atom. The number of halogens is 1. The van der Waals surface area contributed by atoms with Gasteiger partial charge in [-0.3, -0.25) is 9.59 Å². The minimum Gasteiger partial charge on any atom is -0.387 e. The Morgan fingerprint density at radius 2 is 2.10 bits per heavy atom. The quantitative estimate of drug-likeness (QED) is 0.802. The summed E-state index contributed by atoms with van der Waals surface area (Å²) in [6.07, 6.45) is 0.905. The zero-order chi connectivity index (χ0) is 14.5. The van der Waals surface area contributed by atoms with Gasteiger partial charge in [0.15, 0.2) is 0 Å². The van der Waals surface area contributed by atoms with E-state index in [9.17, 15) is 14.0 Å². The normalized spacial score (nSPS) is 18.4. The van der Waals surface area contributed by atoms with Crippen molar-refractivity contribution < 1.29 is 19.1 Å². The summed E-state index contributed by atoms with van der Waals surface area (Å²) in [6, 6.07) is 5.94. The van der Waals surface area contributed by atoms with E-state index in [-0.39, 0.29) is 24.2 Å². The van der Waals surface area contributed by atoms with Gasteiger partial charge in [0.05, 0.1) is 6.04 Å². The molecule has 2 amide bonds. The molecule has 1 aromatic rings. The molecular weight excluding hydrogens is 263 g/mol. The molecule has 2 N–H and O–H groups in total. The summed E-state index contributed by atoms with van der Waals surface area (Å²) in [6.45, 7) is 0.419. The van der Waals surface area contributed by atoms with Crippen molar-refractivity contribution in [3.05, 3.63) is 35.6 Å². The number of rotatable bonds is 5. The number of hydrogen-bond donors (Lipinski definition) is 2. The summed E-state index contributed by atoms with van der Waals surface area (Å²) in [5, 5.41) is 11.3. The molecule has 1 unspecified atom stereocenters. The molecule has 1 saturated heterocycles. The number of carbonyl (C=O) groups excluding carboxylic acids is 2. The molecule has 1 atom stereocenters. The van der Waals surface area contributed by atoms with Crippen molar-refractivity contribution >= 4 is 11.8 Å². The maximum absolute atomic E-state index is 12.8. The molecule has 108 valence electrons. The molecule has 0 saturated carbocycles. The van der Waals surface area contributed by atoms with Gasteiger partial charge in [-0.15, -0.1) is 0 Å². The highest BCUT2D eigenvalue weighted by Gasteiger charge is 2.29. The molecule has 1 aliphatic rings. The molecular formula is C14H17FN2O3. The van der Waals surface area contributed by atoms with E-state index in [0.29, 0.717) is 19.5 Å². The molecule has 0 aromatic heterocycles. The number of amides is 2. The fraction of sp³-hybridized carbons (Fsp3) is 0.429. The maximum atomic E-state index is 12.8. The van der Waals surface area contributed by atoms with Crippen LogP contribution in [0.25, 0.3) is 0 Å². The Morgan fingerprint density at radius 1 is 1.40 bits per heavy atom. The Labute approximate surface area is 116 Å². The molecule has 1 aromatic carbocycles. The summed E-state index contributed by atoms with van der Waals surface area (Å²) in [4.78, 5) is 24.5. The molecule has 0 spiro atoms. The van der Waals surface area contributed by atoms with Crippen LogP contribution >= 0.6 is 0 Å².